The van der Waals surface area contributed by atoms with Crippen molar-refractivity contribution in [3.8, 4) is 0 Å². The quantitative estimate of drug-likeness (QED) is 0.348. The Morgan fingerprint density at radius 3 is 2.31 bits per heavy atom. The molecule has 0 aliphatic rings. The molecule has 0 saturated heterocycles. The molecule has 3 heteroatoms. The van der Waals surface area contributed by atoms with Gasteiger partial charge in [0.2, 0.25) is 0 Å². The van der Waals surface area contributed by atoms with E-state index in [4.69, 9.17) is 22.2 Å². The normalized spacial score (nSPS) is 12.5. The van der Waals surface area contributed by atoms with Crippen molar-refractivity contribution in [1.29, 1.82) is 0 Å². The first-order chi connectivity index (χ1) is 6.18. The van der Waals surface area contributed by atoms with Crippen LogP contribution in [0.3, 0.4) is 0 Å². The molecule has 0 fully saturated rings. The topological polar surface area (TPSA) is 0 Å². The van der Waals surface area contributed by atoms with Gasteiger partial charge in [0.15, 0.2) is 0 Å². The molecular weight excluding hydrogens is 219 g/mol. The molecule has 0 amide bonds. The van der Waals surface area contributed by atoms with Gasteiger partial charge in [0, 0.05) is 0 Å². The monoisotopic (exact) mass is 238 g/mol. The third-order valence-electron chi connectivity index (χ3n) is 2.12. The van der Waals surface area contributed by atoms with Gasteiger partial charge in [-0.1, -0.05) is 43.9 Å². The molecule has 0 aliphatic heterocycles. The van der Waals surface area contributed by atoms with Crippen LogP contribution in [-0.2, 0) is 0 Å². The maximum Gasteiger partial charge on any atom is 0.262 e. The number of halogens is 2. The van der Waals surface area contributed by atoms with Gasteiger partial charge in [-0.3, -0.25) is 0 Å². The summed E-state index contributed by atoms with van der Waals surface area (Å²) in [5, 5.41) is 1.22. The van der Waals surface area contributed by atoms with E-state index in [9.17, 15) is 0 Å². The zero-order valence-electron chi connectivity index (χ0n) is 8.65. The van der Waals surface area contributed by atoms with E-state index >= 15 is 0 Å². The Kier molecular flexibility index (Phi) is 9.48. The lowest BCUT2D eigenvalue weighted by atomic mass is 10.1. The van der Waals surface area contributed by atoms with Crippen molar-refractivity contribution in [2.24, 2.45) is 0 Å². The predicted octanol–water partition coefficient (Wildman–Crippen LogP) is 4.53. The van der Waals surface area contributed by atoms with E-state index in [0.29, 0.717) is 0 Å². The molecule has 0 spiro atoms. The fraction of sp³-hybridized carbons (Fsp3) is 0.800. The molecule has 0 nitrogen and oxygen atoms in total. The summed E-state index contributed by atoms with van der Waals surface area (Å²) in [6.07, 6.45) is 10.0. The highest BCUT2D eigenvalue weighted by Crippen LogP contribution is 2.12. The number of allylic oxidation sites excluding steroid dienone is 2. The Labute approximate surface area is 93.3 Å². The average Bonchev–Trinajstić information content (AvgIpc) is 2.10. The lowest BCUT2D eigenvalue weighted by Crippen LogP contribution is -1.94. The summed E-state index contributed by atoms with van der Waals surface area (Å²) >= 11 is 11.7. The van der Waals surface area contributed by atoms with E-state index in [1.54, 1.807) is 0 Å². The molecule has 0 unspecified atom stereocenters. The minimum Gasteiger partial charge on any atom is -0.145 e. The lowest BCUT2D eigenvalue weighted by Gasteiger charge is -1.99. The summed E-state index contributed by atoms with van der Waals surface area (Å²) in [5.74, 6) is 0. The van der Waals surface area contributed by atoms with Crippen LogP contribution in [0.5, 0.6) is 0 Å². The Morgan fingerprint density at radius 1 is 1.15 bits per heavy atom. The van der Waals surface area contributed by atoms with Crippen molar-refractivity contribution in [3.63, 3.8) is 0 Å². The van der Waals surface area contributed by atoms with Gasteiger partial charge in [0.25, 0.3) is 7.42 Å². The van der Waals surface area contributed by atoms with Gasteiger partial charge in [-0.05, 0) is 19.8 Å². The van der Waals surface area contributed by atoms with E-state index in [2.05, 4.69) is 13.0 Å². The number of hydrogen-bond donors (Lipinski definition) is 0. The van der Waals surface area contributed by atoms with Crippen molar-refractivity contribution in [2.45, 2.75) is 52.4 Å². The summed E-state index contributed by atoms with van der Waals surface area (Å²) in [4.78, 5) is 0. The minimum atomic E-state index is -1.52. The second-order valence-corrected chi connectivity index (χ2v) is 8.25. The van der Waals surface area contributed by atoms with Gasteiger partial charge >= 0.3 is 0 Å². The number of rotatable bonds is 7. The van der Waals surface area contributed by atoms with Crippen molar-refractivity contribution >= 4 is 29.6 Å². The highest BCUT2D eigenvalue weighted by atomic mass is 35.7. The highest BCUT2D eigenvalue weighted by Gasteiger charge is 2.02. The Morgan fingerprint density at radius 2 is 1.77 bits per heavy atom. The molecule has 0 saturated carbocycles. The first kappa shape index (κ1) is 13.5. The van der Waals surface area contributed by atoms with Crippen LogP contribution in [0.4, 0.5) is 0 Å². The minimum absolute atomic E-state index is 1.15. The van der Waals surface area contributed by atoms with Crippen molar-refractivity contribution in [1.82, 2.24) is 0 Å². The maximum atomic E-state index is 5.83. The molecule has 0 radical (unpaired) electrons. The van der Waals surface area contributed by atoms with Gasteiger partial charge in [0.1, 0.15) is 0 Å². The molecule has 13 heavy (non-hydrogen) atoms. The van der Waals surface area contributed by atoms with E-state index in [0.717, 1.165) is 6.42 Å². The van der Waals surface area contributed by atoms with Crippen LogP contribution < -0.4 is 0 Å². The molecule has 0 N–H and O–H groups in total. The molecule has 0 aromatic rings. The second kappa shape index (κ2) is 9.11. The predicted molar refractivity (Wildman–Crippen MR) is 66.0 cm³/mol. The third-order valence-corrected chi connectivity index (χ3v) is 5.11. The molecule has 0 atom stereocenters. The molecule has 0 aliphatic carbocycles. The maximum absolute atomic E-state index is 5.83. The van der Waals surface area contributed by atoms with Crippen molar-refractivity contribution in [3.05, 3.63) is 11.3 Å². The fourth-order valence-electron chi connectivity index (χ4n) is 1.17. The molecule has 0 aromatic carbocycles. The van der Waals surface area contributed by atoms with Gasteiger partial charge < -0.3 is 0 Å². The lowest BCUT2D eigenvalue weighted by molar-refractivity contribution is 0.637. The first-order valence-electron chi connectivity index (χ1n) is 5.13. The van der Waals surface area contributed by atoms with Crippen LogP contribution in [-0.4, -0.2) is 7.42 Å². The fourth-order valence-corrected chi connectivity index (χ4v) is 2.05. The first-order valence-corrected chi connectivity index (χ1v) is 9.20. The largest absolute Gasteiger partial charge is 0.262 e. The summed E-state index contributed by atoms with van der Waals surface area (Å²) < 4.78 is 0. The van der Waals surface area contributed by atoms with Crippen LogP contribution in [0.1, 0.15) is 52.4 Å². The van der Waals surface area contributed by atoms with Gasteiger partial charge in [-0.25, -0.2) is 0 Å². The third kappa shape index (κ3) is 8.86. The van der Waals surface area contributed by atoms with E-state index in [1.165, 1.54) is 37.3 Å². The van der Waals surface area contributed by atoms with Crippen LogP contribution in [0.25, 0.3) is 0 Å². The second-order valence-electron chi connectivity index (χ2n) is 3.45. The molecule has 78 valence electrons. The number of hydrogen-bond acceptors (Lipinski definition) is 0. The standard InChI is InChI=1S/C10H20Cl2Si/c1-3-4-5-6-7-8-9-10(2)13(11)12/h9,13H,3-8H2,1-2H3. The number of unbranched alkanes of at least 4 members (excludes halogenated alkanes) is 5. The average molecular weight is 239 g/mol. The highest BCUT2D eigenvalue weighted by molar-refractivity contribution is 7.36. The summed E-state index contributed by atoms with van der Waals surface area (Å²) in [6.45, 7) is 4.28. The van der Waals surface area contributed by atoms with Crippen molar-refractivity contribution in [2.75, 3.05) is 0 Å². The molecule has 0 bridgehead atoms. The van der Waals surface area contributed by atoms with Gasteiger partial charge in [0.05, 0.1) is 0 Å². The van der Waals surface area contributed by atoms with E-state index in [1.807, 2.05) is 6.92 Å². The van der Waals surface area contributed by atoms with Crippen LogP contribution in [0.2, 0.25) is 0 Å². The zero-order valence-corrected chi connectivity index (χ0v) is 11.3. The summed E-state index contributed by atoms with van der Waals surface area (Å²) in [6, 6.07) is 0. The van der Waals surface area contributed by atoms with Crippen LogP contribution in [0.15, 0.2) is 11.3 Å². The smallest absolute Gasteiger partial charge is 0.145 e. The van der Waals surface area contributed by atoms with Gasteiger partial charge in [-0.2, -0.15) is 0 Å². The summed E-state index contributed by atoms with van der Waals surface area (Å²) in [5.41, 5.74) is 0. The van der Waals surface area contributed by atoms with E-state index < -0.39 is 7.42 Å². The molecule has 0 aromatic heterocycles. The Bertz CT molecular complexity index is 144. The Hall–Kier alpha value is 0.537. The Balaban J connectivity index is 3.29. The summed E-state index contributed by atoms with van der Waals surface area (Å²) in [7, 11) is -1.52. The molecule has 0 rings (SSSR count). The van der Waals surface area contributed by atoms with E-state index in [-0.39, 0.29) is 0 Å². The SMILES string of the molecule is CCCCCCCC=C(C)[SiH](Cl)Cl. The zero-order chi connectivity index (χ0) is 10.1. The van der Waals surface area contributed by atoms with Crippen LogP contribution >= 0.6 is 22.2 Å². The van der Waals surface area contributed by atoms with Crippen molar-refractivity contribution < 1.29 is 0 Å². The molecular formula is C10H20Cl2Si. The van der Waals surface area contributed by atoms with Gasteiger partial charge in [-0.15, -0.1) is 22.2 Å². The van der Waals surface area contributed by atoms with Crippen LogP contribution in [0, 0.1) is 0 Å². The molecule has 0 heterocycles.